The van der Waals surface area contributed by atoms with Crippen molar-refractivity contribution in [3.05, 3.63) is 88.9 Å². The molecule has 0 bridgehead atoms. The Morgan fingerprint density at radius 3 is 2.25 bits per heavy atom. The summed E-state index contributed by atoms with van der Waals surface area (Å²) in [6.45, 7) is 7.27. The van der Waals surface area contributed by atoms with Crippen molar-refractivity contribution in [2.24, 2.45) is 5.92 Å². The molecular weight excluding hydrogens is 550 g/mol. The lowest BCUT2D eigenvalue weighted by Gasteiger charge is -2.32. The lowest BCUT2D eigenvalue weighted by molar-refractivity contribution is -0.139. The van der Waals surface area contributed by atoms with Gasteiger partial charge in [0.1, 0.15) is 18.3 Å². The fraction of sp³-hybridized carbons (Fsp3) is 0.333. The number of ether oxygens (including phenoxy) is 1. The molecule has 0 saturated heterocycles. The second-order valence-corrected chi connectivity index (χ2v) is 12.2. The van der Waals surface area contributed by atoms with E-state index in [0.717, 1.165) is 9.87 Å². The van der Waals surface area contributed by atoms with Crippen LogP contribution in [0.3, 0.4) is 0 Å². The SMILES string of the molecule is COc1ccc(C)cc1N(CC(=O)N(Cc1ccccc1Cl)C(C)C(=O)NCC(C)C)S(=O)(=O)c1ccccc1. The van der Waals surface area contributed by atoms with Crippen LogP contribution in [-0.2, 0) is 26.2 Å². The molecule has 10 heteroatoms. The van der Waals surface area contributed by atoms with Crippen LogP contribution >= 0.6 is 11.6 Å². The third-order valence-electron chi connectivity index (χ3n) is 6.36. The molecule has 8 nitrogen and oxygen atoms in total. The van der Waals surface area contributed by atoms with Gasteiger partial charge in [-0.3, -0.25) is 13.9 Å². The second kappa shape index (κ2) is 13.7. The first kappa shape index (κ1) is 31.0. The van der Waals surface area contributed by atoms with Crippen LogP contribution in [0.5, 0.6) is 5.75 Å². The Hall–Kier alpha value is -3.56. The molecule has 0 radical (unpaired) electrons. The summed E-state index contributed by atoms with van der Waals surface area (Å²) in [4.78, 5) is 28.5. The number of hydrogen-bond donors (Lipinski definition) is 1. The van der Waals surface area contributed by atoms with Crippen LogP contribution < -0.4 is 14.4 Å². The molecule has 2 amide bonds. The number of rotatable bonds is 12. The zero-order valence-electron chi connectivity index (χ0n) is 23.4. The van der Waals surface area contributed by atoms with E-state index in [-0.39, 0.29) is 29.0 Å². The Bertz CT molecular complexity index is 1430. The Balaban J connectivity index is 2.08. The molecule has 1 N–H and O–H groups in total. The van der Waals surface area contributed by atoms with E-state index in [2.05, 4.69) is 5.32 Å². The lowest BCUT2D eigenvalue weighted by Crippen LogP contribution is -2.51. The van der Waals surface area contributed by atoms with Gasteiger partial charge in [-0.2, -0.15) is 0 Å². The quantitative estimate of drug-likeness (QED) is 0.321. The number of amides is 2. The van der Waals surface area contributed by atoms with E-state index in [1.807, 2.05) is 20.8 Å². The van der Waals surface area contributed by atoms with Gasteiger partial charge in [0, 0.05) is 18.1 Å². The fourth-order valence-corrected chi connectivity index (χ4v) is 5.71. The highest BCUT2D eigenvalue weighted by atomic mass is 35.5. The molecule has 1 unspecified atom stereocenters. The number of nitrogens with zero attached hydrogens (tertiary/aromatic N) is 2. The third-order valence-corrected chi connectivity index (χ3v) is 8.51. The topological polar surface area (TPSA) is 96.0 Å². The van der Waals surface area contributed by atoms with Crippen molar-refractivity contribution in [3.63, 3.8) is 0 Å². The predicted molar refractivity (Wildman–Crippen MR) is 158 cm³/mol. The average Bonchev–Trinajstić information content (AvgIpc) is 2.94. The van der Waals surface area contributed by atoms with E-state index in [4.69, 9.17) is 16.3 Å². The van der Waals surface area contributed by atoms with Gasteiger partial charge in [-0.05, 0) is 61.2 Å². The molecule has 3 aromatic rings. The molecule has 0 aromatic heterocycles. The number of nitrogens with one attached hydrogen (secondary N) is 1. The van der Waals surface area contributed by atoms with Crippen molar-refractivity contribution in [3.8, 4) is 5.75 Å². The third kappa shape index (κ3) is 7.55. The maximum atomic E-state index is 14.0. The molecule has 214 valence electrons. The highest BCUT2D eigenvalue weighted by Gasteiger charge is 2.34. The first-order valence-electron chi connectivity index (χ1n) is 13.0. The van der Waals surface area contributed by atoms with E-state index in [0.29, 0.717) is 22.9 Å². The summed E-state index contributed by atoms with van der Waals surface area (Å²) in [5.41, 5.74) is 1.63. The average molecular weight is 586 g/mol. The van der Waals surface area contributed by atoms with Crippen molar-refractivity contribution >= 4 is 39.1 Å². The van der Waals surface area contributed by atoms with Crippen LogP contribution in [0.1, 0.15) is 31.9 Å². The van der Waals surface area contributed by atoms with Gasteiger partial charge in [0.05, 0.1) is 17.7 Å². The van der Waals surface area contributed by atoms with Gasteiger partial charge in [0.15, 0.2) is 0 Å². The summed E-state index contributed by atoms with van der Waals surface area (Å²) in [7, 11) is -2.76. The van der Waals surface area contributed by atoms with Crippen LogP contribution in [0.25, 0.3) is 0 Å². The molecule has 0 aliphatic heterocycles. The van der Waals surface area contributed by atoms with E-state index >= 15 is 0 Å². The largest absolute Gasteiger partial charge is 0.495 e. The Kier molecular flexibility index (Phi) is 10.6. The lowest BCUT2D eigenvalue weighted by atomic mass is 10.1. The molecule has 40 heavy (non-hydrogen) atoms. The molecule has 3 aromatic carbocycles. The minimum absolute atomic E-state index is 0.0128. The number of hydrogen-bond acceptors (Lipinski definition) is 5. The molecule has 3 rings (SSSR count). The van der Waals surface area contributed by atoms with Gasteiger partial charge in [-0.1, -0.05) is 67.9 Å². The molecule has 1 atom stereocenters. The standard InChI is InChI=1S/C30H36ClN3O5S/c1-21(2)18-32-30(36)23(4)33(19-24-11-9-10-14-26(24)31)29(35)20-34(27-17-22(3)15-16-28(27)39-5)40(37,38)25-12-7-6-8-13-25/h6-17,21,23H,18-20H2,1-5H3,(H,32,36). The van der Waals surface area contributed by atoms with Crippen molar-refractivity contribution in [1.82, 2.24) is 10.2 Å². The highest BCUT2D eigenvalue weighted by Crippen LogP contribution is 2.33. The normalized spacial score (nSPS) is 12.1. The Morgan fingerprint density at radius 2 is 1.62 bits per heavy atom. The monoisotopic (exact) mass is 585 g/mol. The molecular formula is C30H36ClN3O5S. The minimum atomic E-state index is -4.20. The van der Waals surface area contributed by atoms with Gasteiger partial charge in [-0.15, -0.1) is 0 Å². The number of anilines is 1. The number of benzene rings is 3. The summed E-state index contributed by atoms with van der Waals surface area (Å²) in [6.07, 6.45) is 0. The molecule has 0 aliphatic carbocycles. The van der Waals surface area contributed by atoms with E-state index < -0.39 is 28.5 Å². The number of carbonyl (C=O) groups excluding carboxylic acids is 2. The Labute approximate surface area is 241 Å². The minimum Gasteiger partial charge on any atom is -0.495 e. The molecule has 0 heterocycles. The van der Waals surface area contributed by atoms with Crippen molar-refractivity contribution in [1.29, 1.82) is 0 Å². The van der Waals surface area contributed by atoms with E-state index in [9.17, 15) is 18.0 Å². The van der Waals surface area contributed by atoms with Crippen LogP contribution in [0.2, 0.25) is 5.02 Å². The van der Waals surface area contributed by atoms with Crippen LogP contribution in [0, 0.1) is 12.8 Å². The molecule has 0 saturated carbocycles. The van der Waals surface area contributed by atoms with Gasteiger partial charge < -0.3 is 15.0 Å². The number of halogens is 1. The maximum absolute atomic E-state index is 14.0. The fourth-order valence-electron chi connectivity index (χ4n) is 4.07. The molecule has 0 spiro atoms. The summed E-state index contributed by atoms with van der Waals surface area (Å²) in [5.74, 6) is -0.419. The highest BCUT2D eigenvalue weighted by molar-refractivity contribution is 7.92. The Morgan fingerprint density at radius 1 is 0.975 bits per heavy atom. The molecule has 0 aliphatic rings. The first-order chi connectivity index (χ1) is 18.9. The second-order valence-electron chi connectivity index (χ2n) is 9.93. The van der Waals surface area contributed by atoms with Gasteiger partial charge in [0.25, 0.3) is 10.0 Å². The number of sulfonamides is 1. The van der Waals surface area contributed by atoms with Crippen LogP contribution in [0.15, 0.2) is 77.7 Å². The number of methoxy groups -OCH3 is 1. The maximum Gasteiger partial charge on any atom is 0.264 e. The summed E-state index contributed by atoms with van der Waals surface area (Å²) >= 11 is 6.41. The van der Waals surface area contributed by atoms with Crippen LogP contribution in [0.4, 0.5) is 5.69 Å². The van der Waals surface area contributed by atoms with Gasteiger partial charge in [-0.25, -0.2) is 8.42 Å². The summed E-state index contributed by atoms with van der Waals surface area (Å²) in [6, 6.07) is 19.1. The van der Waals surface area contributed by atoms with Gasteiger partial charge in [0.2, 0.25) is 11.8 Å². The molecule has 0 fully saturated rings. The first-order valence-corrected chi connectivity index (χ1v) is 14.8. The van der Waals surface area contributed by atoms with Crippen LogP contribution in [-0.4, -0.2) is 51.4 Å². The predicted octanol–water partition coefficient (Wildman–Crippen LogP) is 5.04. The van der Waals surface area contributed by atoms with E-state index in [1.54, 1.807) is 67.6 Å². The van der Waals surface area contributed by atoms with Crippen molar-refractivity contribution in [2.45, 2.75) is 45.2 Å². The zero-order chi connectivity index (χ0) is 29.4. The number of carbonyl (C=O) groups is 2. The smallest absolute Gasteiger partial charge is 0.264 e. The van der Waals surface area contributed by atoms with E-state index in [1.165, 1.54) is 24.1 Å². The van der Waals surface area contributed by atoms with Crippen molar-refractivity contribution < 1.29 is 22.7 Å². The van der Waals surface area contributed by atoms with Crippen molar-refractivity contribution in [2.75, 3.05) is 24.5 Å². The zero-order valence-corrected chi connectivity index (χ0v) is 25.0. The summed E-state index contributed by atoms with van der Waals surface area (Å²) < 4.78 is 34.5. The van der Waals surface area contributed by atoms with Gasteiger partial charge >= 0.3 is 0 Å². The summed E-state index contributed by atoms with van der Waals surface area (Å²) in [5, 5.41) is 3.30. The number of aryl methyl sites for hydroxylation is 1.